The Labute approximate surface area is 201 Å². The van der Waals surface area contributed by atoms with Crippen LogP contribution in [0, 0.1) is 0 Å². The van der Waals surface area contributed by atoms with Crippen LogP contribution in [0.4, 0.5) is 0 Å². The van der Waals surface area contributed by atoms with Gasteiger partial charge in [0.25, 0.3) is 0 Å². The predicted molar refractivity (Wildman–Crippen MR) is 126 cm³/mol. The Hall–Kier alpha value is -4.46. The number of phenols is 3. The Morgan fingerprint density at radius 2 is 1.77 bits per heavy atom. The van der Waals surface area contributed by atoms with Crippen LogP contribution in [0.2, 0.25) is 0 Å². The molecule has 8 heteroatoms. The highest BCUT2D eigenvalue weighted by Gasteiger charge is 2.44. The second-order valence-corrected chi connectivity index (χ2v) is 8.02. The summed E-state index contributed by atoms with van der Waals surface area (Å²) in [7, 11) is 1.41. The number of carbonyl (C=O) groups is 2. The fourth-order valence-electron chi connectivity index (χ4n) is 4.26. The Bertz CT molecular complexity index is 1300. The lowest BCUT2D eigenvalue weighted by Gasteiger charge is -2.34. The molecule has 3 aromatic carbocycles. The maximum absolute atomic E-state index is 13.5. The first-order chi connectivity index (χ1) is 16.8. The molecule has 0 radical (unpaired) electrons. The van der Waals surface area contributed by atoms with Crippen molar-refractivity contribution in [3.05, 3.63) is 89.5 Å². The van der Waals surface area contributed by atoms with E-state index in [2.05, 4.69) is 6.58 Å². The highest BCUT2D eigenvalue weighted by Crippen LogP contribution is 2.50. The van der Waals surface area contributed by atoms with Gasteiger partial charge in [0.1, 0.15) is 22.8 Å². The lowest BCUT2D eigenvalue weighted by molar-refractivity contribution is -0.148. The molecule has 1 aliphatic heterocycles. The highest BCUT2D eigenvalue weighted by molar-refractivity contribution is 6.07. The number of hydrogen-bond acceptors (Lipinski definition) is 8. The third-order valence-corrected chi connectivity index (χ3v) is 5.83. The topological polar surface area (TPSA) is 123 Å². The number of esters is 1. The van der Waals surface area contributed by atoms with Crippen LogP contribution in [0.5, 0.6) is 28.7 Å². The van der Waals surface area contributed by atoms with E-state index in [4.69, 9.17) is 14.2 Å². The van der Waals surface area contributed by atoms with Crippen LogP contribution in [-0.2, 0) is 9.53 Å². The molecule has 0 aromatic heterocycles. The SMILES string of the molecule is C=CC(c1ccc(O)c(OC)c1)c1c(O)cc(O)c2c1O[C@H](c1ccccc1)[C@@H](OC(C)=O)C2=O. The third-order valence-electron chi connectivity index (χ3n) is 5.83. The van der Waals surface area contributed by atoms with Gasteiger partial charge in [0.15, 0.2) is 17.6 Å². The van der Waals surface area contributed by atoms with Gasteiger partial charge in [-0.15, -0.1) is 6.58 Å². The third kappa shape index (κ3) is 4.26. The van der Waals surface area contributed by atoms with Crippen molar-refractivity contribution in [2.24, 2.45) is 0 Å². The van der Waals surface area contributed by atoms with Gasteiger partial charge in [-0.05, 0) is 23.3 Å². The number of ketones is 1. The average Bonchev–Trinajstić information content (AvgIpc) is 2.83. The van der Waals surface area contributed by atoms with Crippen LogP contribution >= 0.6 is 0 Å². The summed E-state index contributed by atoms with van der Waals surface area (Å²) in [5.74, 6) is -2.83. The smallest absolute Gasteiger partial charge is 0.303 e. The number of benzene rings is 3. The summed E-state index contributed by atoms with van der Waals surface area (Å²) in [5, 5.41) is 31.5. The molecule has 0 bridgehead atoms. The van der Waals surface area contributed by atoms with Crippen LogP contribution in [0.15, 0.2) is 67.3 Å². The molecule has 1 heterocycles. The molecule has 1 unspecified atom stereocenters. The Morgan fingerprint density at radius 3 is 2.40 bits per heavy atom. The number of hydrogen-bond donors (Lipinski definition) is 3. The Morgan fingerprint density at radius 1 is 1.06 bits per heavy atom. The number of ether oxygens (including phenoxy) is 3. The normalized spacial score (nSPS) is 17.6. The van der Waals surface area contributed by atoms with E-state index >= 15 is 0 Å². The molecule has 0 spiro atoms. The molecule has 0 aliphatic carbocycles. The predicted octanol–water partition coefficient (Wildman–Crippen LogP) is 4.38. The largest absolute Gasteiger partial charge is 0.507 e. The van der Waals surface area contributed by atoms with Crippen molar-refractivity contribution in [1.29, 1.82) is 0 Å². The van der Waals surface area contributed by atoms with E-state index in [9.17, 15) is 24.9 Å². The molecule has 0 fully saturated rings. The molecule has 3 N–H and O–H groups in total. The molecular formula is C27H24O8. The zero-order valence-electron chi connectivity index (χ0n) is 19.1. The van der Waals surface area contributed by atoms with Gasteiger partial charge >= 0.3 is 5.97 Å². The second kappa shape index (κ2) is 9.42. The molecule has 0 saturated heterocycles. The zero-order chi connectivity index (χ0) is 25.3. The van der Waals surface area contributed by atoms with E-state index in [0.29, 0.717) is 11.1 Å². The molecule has 4 rings (SSSR count). The molecule has 3 aromatic rings. The fourth-order valence-corrected chi connectivity index (χ4v) is 4.26. The van der Waals surface area contributed by atoms with E-state index in [1.807, 2.05) is 0 Å². The van der Waals surface area contributed by atoms with E-state index in [-0.39, 0.29) is 34.1 Å². The molecule has 3 atom stereocenters. The Kier molecular flexibility index (Phi) is 6.38. The molecule has 1 aliphatic rings. The summed E-state index contributed by atoms with van der Waals surface area (Å²) in [4.78, 5) is 25.3. The minimum Gasteiger partial charge on any atom is -0.507 e. The summed E-state index contributed by atoms with van der Waals surface area (Å²) in [6, 6.07) is 14.4. The first-order valence-electron chi connectivity index (χ1n) is 10.8. The number of phenolic OH excluding ortho intramolecular Hbond substituents is 3. The number of carbonyl (C=O) groups excluding carboxylic acids is 2. The summed E-state index contributed by atoms with van der Waals surface area (Å²) >= 11 is 0. The molecule has 0 saturated carbocycles. The second-order valence-electron chi connectivity index (χ2n) is 8.02. The summed E-state index contributed by atoms with van der Waals surface area (Å²) < 4.78 is 16.7. The van der Waals surface area contributed by atoms with Crippen LogP contribution < -0.4 is 9.47 Å². The average molecular weight is 476 g/mol. The van der Waals surface area contributed by atoms with E-state index in [0.717, 1.165) is 6.07 Å². The fraction of sp³-hybridized carbons (Fsp3) is 0.185. The van der Waals surface area contributed by atoms with Crippen molar-refractivity contribution < 1.29 is 39.1 Å². The Balaban J connectivity index is 1.93. The minimum atomic E-state index is -1.35. The van der Waals surface area contributed by atoms with Gasteiger partial charge in [0, 0.05) is 24.5 Å². The summed E-state index contributed by atoms with van der Waals surface area (Å²) in [6.07, 6.45) is -0.844. The van der Waals surface area contributed by atoms with E-state index < -0.39 is 35.6 Å². The monoisotopic (exact) mass is 476 g/mol. The van der Waals surface area contributed by atoms with Crippen LogP contribution in [0.3, 0.4) is 0 Å². The molecule has 0 amide bonds. The minimum absolute atomic E-state index is 0.0540. The van der Waals surface area contributed by atoms with Crippen LogP contribution in [-0.4, -0.2) is 40.3 Å². The van der Waals surface area contributed by atoms with Gasteiger partial charge in [-0.3, -0.25) is 9.59 Å². The lowest BCUT2D eigenvalue weighted by Crippen LogP contribution is -2.40. The van der Waals surface area contributed by atoms with E-state index in [1.54, 1.807) is 42.5 Å². The van der Waals surface area contributed by atoms with Crippen molar-refractivity contribution >= 4 is 11.8 Å². The summed E-state index contributed by atoms with van der Waals surface area (Å²) in [5.41, 5.74) is 1.10. The highest BCUT2D eigenvalue weighted by atomic mass is 16.6. The zero-order valence-corrected chi connectivity index (χ0v) is 19.1. The summed E-state index contributed by atoms with van der Waals surface area (Å²) in [6.45, 7) is 5.05. The standard InChI is InChI=1S/C27H24O8/c1-4-17(16-10-11-18(29)21(12-16)33-3)22-19(30)13-20(31)23-24(32)27(34-14(2)28)25(35-26(22)23)15-8-6-5-7-9-15/h4-13,17,25,27,29-31H,1H2,2-3H3/t17?,25-,27+/m1/s1. The van der Waals surface area contributed by atoms with Gasteiger partial charge in [0.2, 0.25) is 11.9 Å². The van der Waals surface area contributed by atoms with Crippen molar-refractivity contribution in [1.82, 2.24) is 0 Å². The van der Waals surface area contributed by atoms with Gasteiger partial charge in [-0.25, -0.2) is 0 Å². The van der Waals surface area contributed by atoms with Gasteiger partial charge in [-0.1, -0.05) is 42.5 Å². The van der Waals surface area contributed by atoms with Gasteiger partial charge in [-0.2, -0.15) is 0 Å². The van der Waals surface area contributed by atoms with Gasteiger partial charge in [0.05, 0.1) is 7.11 Å². The molecule has 8 nitrogen and oxygen atoms in total. The van der Waals surface area contributed by atoms with Crippen molar-refractivity contribution in [3.63, 3.8) is 0 Å². The lowest BCUT2D eigenvalue weighted by atomic mass is 9.84. The van der Waals surface area contributed by atoms with Crippen LogP contribution in [0.25, 0.3) is 0 Å². The molecule has 180 valence electrons. The number of methoxy groups -OCH3 is 1. The van der Waals surface area contributed by atoms with E-state index in [1.165, 1.54) is 26.2 Å². The van der Waals surface area contributed by atoms with Crippen molar-refractivity contribution in [2.75, 3.05) is 7.11 Å². The quantitative estimate of drug-likeness (QED) is 0.354. The first-order valence-corrected chi connectivity index (χ1v) is 10.8. The number of Topliss-reactive ketones (excluding diaryl/α,β-unsaturated/α-hetero) is 1. The number of allylic oxidation sites excluding steroid dienone is 1. The first kappa shape index (κ1) is 23.7. The number of fused-ring (bicyclic) bond motifs is 1. The van der Waals surface area contributed by atoms with Crippen LogP contribution in [0.1, 0.15) is 46.0 Å². The maximum atomic E-state index is 13.5. The number of aromatic hydroxyl groups is 3. The van der Waals surface area contributed by atoms with Crippen molar-refractivity contribution in [2.45, 2.75) is 25.0 Å². The van der Waals surface area contributed by atoms with Crippen molar-refractivity contribution in [3.8, 4) is 28.7 Å². The molecular weight excluding hydrogens is 452 g/mol. The maximum Gasteiger partial charge on any atom is 0.303 e. The van der Waals surface area contributed by atoms with Gasteiger partial charge < -0.3 is 29.5 Å². The number of rotatable bonds is 6. The molecule has 35 heavy (non-hydrogen) atoms.